The van der Waals surface area contributed by atoms with E-state index in [0.29, 0.717) is 0 Å². The van der Waals surface area contributed by atoms with E-state index in [1.807, 2.05) is 0 Å². The molecule has 0 spiro atoms. The van der Waals surface area contributed by atoms with Crippen molar-refractivity contribution in [2.75, 3.05) is 13.1 Å². The molecular weight excluding hydrogens is 184 g/mol. The molecule has 1 aliphatic heterocycles. The van der Waals surface area contributed by atoms with Gasteiger partial charge in [0.1, 0.15) is 0 Å². The first kappa shape index (κ1) is 11.4. The maximum absolute atomic E-state index is 3.86. The first-order valence-electron chi connectivity index (χ1n) is 6.81. The SMILES string of the molecule is CC1CCCC(NC2CCCNC2)CC1. The lowest BCUT2D eigenvalue weighted by atomic mass is 10.0. The third-order valence-electron chi connectivity index (χ3n) is 4.03. The van der Waals surface area contributed by atoms with Gasteiger partial charge in [0.15, 0.2) is 0 Å². The van der Waals surface area contributed by atoms with Gasteiger partial charge in [-0.15, -0.1) is 0 Å². The van der Waals surface area contributed by atoms with Crippen molar-refractivity contribution in [2.24, 2.45) is 5.92 Å². The van der Waals surface area contributed by atoms with Gasteiger partial charge in [-0.25, -0.2) is 0 Å². The first-order chi connectivity index (χ1) is 7.34. The fourth-order valence-corrected chi connectivity index (χ4v) is 2.98. The van der Waals surface area contributed by atoms with E-state index < -0.39 is 0 Å². The van der Waals surface area contributed by atoms with Crippen LogP contribution in [0.4, 0.5) is 0 Å². The lowest BCUT2D eigenvalue weighted by molar-refractivity contribution is 0.331. The summed E-state index contributed by atoms with van der Waals surface area (Å²) in [5.74, 6) is 0.960. The van der Waals surface area contributed by atoms with Crippen LogP contribution in [0.3, 0.4) is 0 Å². The molecule has 1 saturated carbocycles. The first-order valence-corrected chi connectivity index (χ1v) is 6.81. The molecule has 0 aromatic heterocycles. The molecule has 2 N–H and O–H groups in total. The van der Waals surface area contributed by atoms with Crippen molar-refractivity contribution >= 4 is 0 Å². The van der Waals surface area contributed by atoms with Crippen LogP contribution < -0.4 is 10.6 Å². The molecule has 0 radical (unpaired) electrons. The Labute approximate surface area is 94.2 Å². The molecule has 2 fully saturated rings. The lowest BCUT2D eigenvalue weighted by Gasteiger charge is -2.28. The molecule has 2 heteroatoms. The summed E-state index contributed by atoms with van der Waals surface area (Å²) in [6.45, 7) is 4.82. The zero-order valence-corrected chi connectivity index (χ0v) is 10.1. The average Bonchev–Trinajstić information content (AvgIpc) is 2.46. The average molecular weight is 210 g/mol. The minimum absolute atomic E-state index is 0.747. The van der Waals surface area contributed by atoms with Gasteiger partial charge < -0.3 is 10.6 Å². The van der Waals surface area contributed by atoms with Gasteiger partial charge in [-0.3, -0.25) is 0 Å². The number of piperidine rings is 1. The fraction of sp³-hybridized carbons (Fsp3) is 1.00. The molecule has 1 aliphatic carbocycles. The van der Waals surface area contributed by atoms with E-state index in [1.165, 1.54) is 58.0 Å². The van der Waals surface area contributed by atoms with E-state index in [9.17, 15) is 0 Å². The van der Waals surface area contributed by atoms with Crippen molar-refractivity contribution in [1.82, 2.24) is 10.6 Å². The maximum Gasteiger partial charge on any atom is 0.0195 e. The van der Waals surface area contributed by atoms with Crippen LogP contribution in [0.1, 0.15) is 51.9 Å². The summed E-state index contributed by atoms with van der Waals surface area (Å²) in [6.07, 6.45) is 9.83. The molecule has 3 unspecified atom stereocenters. The molecule has 15 heavy (non-hydrogen) atoms. The van der Waals surface area contributed by atoms with Gasteiger partial charge in [-0.1, -0.05) is 19.8 Å². The van der Waals surface area contributed by atoms with Crippen molar-refractivity contribution in [3.63, 3.8) is 0 Å². The van der Waals surface area contributed by atoms with Crippen LogP contribution in [-0.4, -0.2) is 25.2 Å². The molecule has 0 aromatic carbocycles. The van der Waals surface area contributed by atoms with Gasteiger partial charge in [-0.2, -0.15) is 0 Å². The van der Waals surface area contributed by atoms with Crippen molar-refractivity contribution in [1.29, 1.82) is 0 Å². The Morgan fingerprint density at radius 1 is 0.933 bits per heavy atom. The van der Waals surface area contributed by atoms with Crippen LogP contribution in [-0.2, 0) is 0 Å². The molecule has 2 aliphatic rings. The Hall–Kier alpha value is -0.0800. The van der Waals surface area contributed by atoms with Crippen molar-refractivity contribution in [3.05, 3.63) is 0 Å². The summed E-state index contributed by atoms with van der Waals surface area (Å²) >= 11 is 0. The third kappa shape index (κ3) is 3.76. The van der Waals surface area contributed by atoms with E-state index in [0.717, 1.165) is 18.0 Å². The van der Waals surface area contributed by atoms with E-state index in [4.69, 9.17) is 0 Å². The summed E-state index contributed by atoms with van der Waals surface area (Å²) in [4.78, 5) is 0. The smallest absolute Gasteiger partial charge is 0.0195 e. The number of hydrogen-bond donors (Lipinski definition) is 2. The van der Waals surface area contributed by atoms with Gasteiger partial charge in [0.2, 0.25) is 0 Å². The van der Waals surface area contributed by atoms with Crippen molar-refractivity contribution < 1.29 is 0 Å². The van der Waals surface area contributed by atoms with E-state index in [-0.39, 0.29) is 0 Å². The van der Waals surface area contributed by atoms with Crippen LogP contribution in [0.15, 0.2) is 0 Å². The Balaban J connectivity index is 1.72. The highest BCUT2D eigenvalue weighted by atomic mass is 15.0. The monoisotopic (exact) mass is 210 g/mol. The Morgan fingerprint density at radius 3 is 2.60 bits per heavy atom. The molecular formula is C13H26N2. The van der Waals surface area contributed by atoms with Gasteiger partial charge in [0.25, 0.3) is 0 Å². The second kappa shape index (κ2) is 5.86. The van der Waals surface area contributed by atoms with Crippen LogP contribution in [0.25, 0.3) is 0 Å². The second-order valence-electron chi connectivity index (χ2n) is 5.52. The van der Waals surface area contributed by atoms with Crippen LogP contribution in [0.5, 0.6) is 0 Å². The molecule has 1 saturated heterocycles. The molecule has 0 bridgehead atoms. The standard InChI is InChI=1S/C13H26N2/c1-11-4-2-5-12(8-7-11)15-13-6-3-9-14-10-13/h11-15H,2-10H2,1H3. The topological polar surface area (TPSA) is 24.1 Å². The van der Waals surface area contributed by atoms with Crippen LogP contribution in [0, 0.1) is 5.92 Å². The second-order valence-corrected chi connectivity index (χ2v) is 5.52. The highest BCUT2D eigenvalue weighted by Crippen LogP contribution is 2.23. The molecule has 2 nitrogen and oxygen atoms in total. The zero-order valence-electron chi connectivity index (χ0n) is 10.1. The minimum atomic E-state index is 0.747. The predicted octanol–water partition coefficient (Wildman–Crippen LogP) is 2.30. The highest BCUT2D eigenvalue weighted by Gasteiger charge is 2.20. The Bertz CT molecular complexity index is 175. The van der Waals surface area contributed by atoms with Gasteiger partial charge >= 0.3 is 0 Å². The summed E-state index contributed by atoms with van der Waals surface area (Å²) < 4.78 is 0. The van der Waals surface area contributed by atoms with E-state index in [2.05, 4.69) is 17.6 Å². The fourth-order valence-electron chi connectivity index (χ4n) is 2.98. The third-order valence-corrected chi connectivity index (χ3v) is 4.03. The Kier molecular flexibility index (Phi) is 4.45. The van der Waals surface area contributed by atoms with Gasteiger partial charge in [0.05, 0.1) is 0 Å². The number of nitrogens with one attached hydrogen (secondary N) is 2. The lowest BCUT2D eigenvalue weighted by Crippen LogP contribution is -2.47. The van der Waals surface area contributed by atoms with Gasteiger partial charge in [-0.05, 0) is 44.6 Å². The summed E-state index contributed by atoms with van der Waals surface area (Å²) in [7, 11) is 0. The molecule has 88 valence electrons. The summed E-state index contributed by atoms with van der Waals surface area (Å²) in [5, 5.41) is 7.34. The van der Waals surface area contributed by atoms with Crippen molar-refractivity contribution in [2.45, 2.75) is 64.0 Å². The minimum Gasteiger partial charge on any atom is -0.315 e. The summed E-state index contributed by atoms with van der Waals surface area (Å²) in [5.41, 5.74) is 0. The van der Waals surface area contributed by atoms with Gasteiger partial charge in [0, 0.05) is 18.6 Å². The molecule has 1 heterocycles. The highest BCUT2D eigenvalue weighted by molar-refractivity contribution is 4.81. The molecule has 0 amide bonds. The molecule has 0 aromatic rings. The maximum atomic E-state index is 3.86. The quantitative estimate of drug-likeness (QED) is 0.683. The molecule has 2 rings (SSSR count). The normalized spacial score (nSPS) is 38.6. The Morgan fingerprint density at radius 2 is 1.80 bits per heavy atom. The van der Waals surface area contributed by atoms with E-state index in [1.54, 1.807) is 0 Å². The van der Waals surface area contributed by atoms with Crippen LogP contribution >= 0.6 is 0 Å². The zero-order chi connectivity index (χ0) is 10.5. The largest absolute Gasteiger partial charge is 0.315 e. The molecule has 3 atom stereocenters. The summed E-state index contributed by atoms with van der Waals surface area (Å²) in [6, 6.07) is 1.55. The number of rotatable bonds is 2. The predicted molar refractivity (Wildman–Crippen MR) is 65.1 cm³/mol. The van der Waals surface area contributed by atoms with Crippen molar-refractivity contribution in [3.8, 4) is 0 Å². The van der Waals surface area contributed by atoms with E-state index >= 15 is 0 Å². The van der Waals surface area contributed by atoms with Crippen LogP contribution in [0.2, 0.25) is 0 Å². The number of hydrogen-bond acceptors (Lipinski definition) is 2.